The largest absolute Gasteiger partial charge is 0.294 e. The minimum absolute atomic E-state index is 0.0577. The fourth-order valence-corrected chi connectivity index (χ4v) is 2.52. The second-order valence-corrected chi connectivity index (χ2v) is 4.63. The van der Waals surface area contributed by atoms with Crippen LogP contribution in [-0.4, -0.2) is 10.6 Å². The number of para-hydroxylation sites is 2. The van der Waals surface area contributed by atoms with Gasteiger partial charge < -0.3 is 0 Å². The normalized spacial score (nSPS) is 26.8. The molecule has 0 heterocycles. The quantitative estimate of drug-likeness (QED) is 0.504. The molecule has 0 radical (unpaired) electrons. The van der Waals surface area contributed by atoms with Crippen LogP contribution in [0.5, 0.6) is 0 Å². The Morgan fingerprint density at radius 3 is 3.00 bits per heavy atom. The van der Waals surface area contributed by atoms with Crippen LogP contribution >= 0.6 is 0 Å². The fourth-order valence-electron chi connectivity index (χ4n) is 2.52. The minimum atomic E-state index is -0.400. The van der Waals surface area contributed by atoms with Crippen LogP contribution in [0.1, 0.15) is 12.8 Å². The lowest BCUT2D eigenvalue weighted by Gasteiger charge is -2.31. The van der Waals surface area contributed by atoms with E-state index in [2.05, 4.69) is 22.7 Å². The third-order valence-corrected chi connectivity index (χ3v) is 3.58. The molecule has 0 amide bonds. The third-order valence-electron chi connectivity index (χ3n) is 3.58. The number of rotatable bonds is 3. The zero-order valence-electron chi connectivity index (χ0n) is 9.74. The van der Waals surface area contributed by atoms with Crippen molar-refractivity contribution >= 4 is 17.1 Å². The second kappa shape index (κ2) is 4.25. The molecule has 5 nitrogen and oxygen atoms in total. The third kappa shape index (κ3) is 1.77. The Hall–Kier alpha value is -2.17. The molecular weight excluding hydrogens is 230 g/mol. The van der Waals surface area contributed by atoms with Crippen molar-refractivity contribution in [3.63, 3.8) is 0 Å². The lowest BCUT2D eigenvalue weighted by Crippen LogP contribution is -2.33. The van der Waals surface area contributed by atoms with E-state index >= 15 is 0 Å². The van der Waals surface area contributed by atoms with E-state index in [-0.39, 0.29) is 5.69 Å². The Morgan fingerprint density at radius 2 is 2.22 bits per heavy atom. The Morgan fingerprint density at radius 1 is 1.39 bits per heavy atom. The lowest BCUT2D eigenvalue weighted by molar-refractivity contribution is -0.384. The van der Waals surface area contributed by atoms with Gasteiger partial charge in [-0.15, -0.1) is 0 Å². The first-order chi connectivity index (χ1) is 8.75. The Balaban J connectivity index is 1.74. The molecule has 92 valence electrons. The van der Waals surface area contributed by atoms with Crippen LogP contribution in [0.4, 0.5) is 11.4 Å². The van der Waals surface area contributed by atoms with Gasteiger partial charge in [0.15, 0.2) is 0 Å². The molecule has 2 atom stereocenters. The molecule has 1 aromatic rings. The van der Waals surface area contributed by atoms with Crippen molar-refractivity contribution in [2.24, 2.45) is 16.9 Å². The summed E-state index contributed by atoms with van der Waals surface area (Å²) in [5.41, 5.74) is 4.45. The molecule has 1 aromatic carbocycles. The van der Waals surface area contributed by atoms with Gasteiger partial charge in [0.2, 0.25) is 0 Å². The first-order valence-corrected chi connectivity index (χ1v) is 5.98. The standard InChI is InChI=1S/C13H13N3O2/c17-16(18)13-7-2-1-6-11(13)14-15-12-8-9-4-3-5-10(9)12/h1-4,6-7,9-10,14H,5,8H2/b15-12-/t9-,10-/m1/s1. The summed E-state index contributed by atoms with van der Waals surface area (Å²) in [5.74, 6) is 1.15. The van der Waals surface area contributed by atoms with Gasteiger partial charge in [0.05, 0.1) is 4.92 Å². The van der Waals surface area contributed by atoms with E-state index in [0.29, 0.717) is 17.5 Å². The van der Waals surface area contributed by atoms with E-state index in [1.165, 1.54) is 6.07 Å². The van der Waals surface area contributed by atoms with E-state index in [1.54, 1.807) is 18.2 Å². The molecule has 2 aliphatic rings. The molecule has 18 heavy (non-hydrogen) atoms. The maximum Gasteiger partial charge on any atom is 0.294 e. The van der Waals surface area contributed by atoms with E-state index in [1.807, 2.05) is 0 Å². The molecule has 0 bridgehead atoms. The van der Waals surface area contributed by atoms with Gasteiger partial charge in [0.25, 0.3) is 5.69 Å². The van der Waals surface area contributed by atoms with Crippen LogP contribution in [0, 0.1) is 22.0 Å². The number of nitro groups is 1. The average molecular weight is 243 g/mol. The average Bonchev–Trinajstić information content (AvgIpc) is 2.71. The number of nitrogens with one attached hydrogen (secondary N) is 1. The van der Waals surface area contributed by atoms with Gasteiger partial charge in [0, 0.05) is 17.7 Å². The summed E-state index contributed by atoms with van der Waals surface area (Å²) in [6, 6.07) is 6.56. The number of hydrogen-bond donors (Lipinski definition) is 1. The SMILES string of the molecule is O=[N+]([O-])c1ccccc1N/N=C1/C[C@H]2C=CC[C@@H]12. The maximum absolute atomic E-state index is 10.8. The number of hydrazone groups is 1. The van der Waals surface area contributed by atoms with Crippen LogP contribution in [0.25, 0.3) is 0 Å². The van der Waals surface area contributed by atoms with Gasteiger partial charge in [-0.3, -0.25) is 15.5 Å². The van der Waals surface area contributed by atoms with Crippen molar-refractivity contribution in [2.45, 2.75) is 12.8 Å². The molecule has 0 unspecified atom stereocenters. The molecule has 3 rings (SSSR count). The topological polar surface area (TPSA) is 67.5 Å². The number of anilines is 1. The van der Waals surface area contributed by atoms with Crippen LogP contribution in [0.3, 0.4) is 0 Å². The molecule has 0 saturated heterocycles. The van der Waals surface area contributed by atoms with Crippen molar-refractivity contribution in [2.75, 3.05) is 5.43 Å². The van der Waals surface area contributed by atoms with Crippen molar-refractivity contribution in [3.05, 3.63) is 46.5 Å². The highest BCUT2D eigenvalue weighted by atomic mass is 16.6. The molecule has 0 spiro atoms. The number of nitrogens with zero attached hydrogens (tertiary/aromatic N) is 2. The van der Waals surface area contributed by atoms with E-state index in [4.69, 9.17) is 0 Å². The van der Waals surface area contributed by atoms with Crippen LogP contribution in [-0.2, 0) is 0 Å². The second-order valence-electron chi connectivity index (χ2n) is 4.63. The summed E-state index contributed by atoms with van der Waals surface area (Å²) in [7, 11) is 0. The van der Waals surface area contributed by atoms with E-state index < -0.39 is 4.92 Å². The lowest BCUT2D eigenvalue weighted by atomic mass is 9.74. The summed E-state index contributed by atoms with van der Waals surface area (Å²) >= 11 is 0. The van der Waals surface area contributed by atoms with Crippen LogP contribution in [0.15, 0.2) is 41.5 Å². The molecule has 1 saturated carbocycles. The first-order valence-electron chi connectivity index (χ1n) is 5.98. The Kier molecular flexibility index (Phi) is 2.59. The molecule has 1 N–H and O–H groups in total. The molecular formula is C13H13N3O2. The van der Waals surface area contributed by atoms with Crippen molar-refractivity contribution in [1.82, 2.24) is 0 Å². The molecule has 1 fully saturated rings. The van der Waals surface area contributed by atoms with Gasteiger partial charge in [-0.05, 0) is 24.8 Å². The van der Waals surface area contributed by atoms with Gasteiger partial charge in [0.1, 0.15) is 5.69 Å². The number of hydrogen-bond acceptors (Lipinski definition) is 4. The molecule has 0 aromatic heterocycles. The predicted molar refractivity (Wildman–Crippen MR) is 69.5 cm³/mol. The molecule has 0 aliphatic heterocycles. The highest BCUT2D eigenvalue weighted by molar-refractivity contribution is 5.94. The Bertz CT molecular complexity index is 551. The summed E-state index contributed by atoms with van der Waals surface area (Å²) in [4.78, 5) is 10.4. The Labute approximate surface area is 104 Å². The van der Waals surface area contributed by atoms with E-state index in [9.17, 15) is 10.1 Å². The molecule has 5 heteroatoms. The highest BCUT2D eigenvalue weighted by Gasteiger charge is 2.37. The minimum Gasteiger partial charge on any atom is -0.272 e. The van der Waals surface area contributed by atoms with Crippen molar-refractivity contribution < 1.29 is 4.92 Å². The van der Waals surface area contributed by atoms with Gasteiger partial charge in [-0.25, -0.2) is 0 Å². The summed E-state index contributed by atoms with van der Waals surface area (Å²) in [6.45, 7) is 0. The smallest absolute Gasteiger partial charge is 0.272 e. The summed E-state index contributed by atoms with van der Waals surface area (Å²) in [6.07, 6.45) is 6.42. The predicted octanol–water partition coefficient (Wildman–Crippen LogP) is 2.96. The van der Waals surface area contributed by atoms with Gasteiger partial charge in [-0.1, -0.05) is 24.3 Å². The van der Waals surface area contributed by atoms with Crippen LogP contribution < -0.4 is 5.43 Å². The number of benzene rings is 1. The van der Waals surface area contributed by atoms with Gasteiger partial charge >= 0.3 is 0 Å². The van der Waals surface area contributed by atoms with Crippen molar-refractivity contribution in [1.29, 1.82) is 0 Å². The van der Waals surface area contributed by atoms with Crippen molar-refractivity contribution in [3.8, 4) is 0 Å². The number of allylic oxidation sites excluding steroid dienone is 2. The zero-order valence-corrected chi connectivity index (χ0v) is 9.74. The van der Waals surface area contributed by atoms with Gasteiger partial charge in [-0.2, -0.15) is 5.10 Å². The fraction of sp³-hybridized carbons (Fsp3) is 0.308. The monoisotopic (exact) mass is 243 g/mol. The van der Waals surface area contributed by atoms with E-state index in [0.717, 1.165) is 18.6 Å². The maximum atomic E-state index is 10.8. The number of nitro benzene ring substituents is 1. The molecule has 2 aliphatic carbocycles. The number of fused-ring (bicyclic) bond motifs is 1. The zero-order chi connectivity index (χ0) is 12.5. The summed E-state index contributed by atoms with van der Waals surface area (Å²) in [5, 5.41) is 15.1. The highest BCUT2D eigenvalue weighted by Crippen LogP contribution is 2.40. The first kappa shape index (κ1) is 11.0. The summed E-state index contributed by atoms with van der Waals surface area (Å²) < 4.78 is 0. The van der Waals surface area contributed by atoms with Crippen LogP contribution in [0.2, 0.25) is 0 Å².